The summed E-state index contributed by atoms with van der Waals surface area (Å²) in [4.78, 5) is 14.8. The van der Waals surface area contributed by atoms with Gasteiger partial charge in [-0.05, 0) is 57.0 Å². The van der Waals surface area contributed by atoms with Gasteiger partial charge in [-0.15, -0.1) is 0 Å². The first-order valence-corrected chi connectivity index (χ1v) is 11.3. The maximum atomic E-state index is 12.4. The Hall–Kier alpha value is -1.80. The van der Waals surface area contributed by atoms with Crippen molar-refractivity contribution in [1.29, 1.82) is 0 Å². The lowest BCUT2D eigenvalue weighted by Gasteiger charge is -2.29. The van der Waals surface area contributed by atoms with Crippen LogP contribution in [0.5, 0.6) is 5.75 Å². The average Bonchev–Trinajstić information content (AvgIpc) is 3.23. The number of urea groups is 1. The number of benzene rings is 1. The third-order valence-electron chi connectivity index (χ3n) is 5.46. The molecule has 0 bridgehead atoms. The van der Waals surface area contributed by atoms with Crippen molar-refractivity contribution in [3.8, 4) is 5.75 Å². The van der Waals surface area contributed by atoms with Crippen LogP contribution in [-0.4, -0.2) is 63.1 Å². The first-order valence-electron chi connectivity index (χ1n) is 9.45. The van der Waals surface area contributed by atoms with Crippen LogP contribution in [0.2, 0.25) is 0 Å². The molecule has 150 valence electrons. The number of likely N-dealkylation sites (tertiary alicyclic amines) is 1. The van der Waals surface area contributed by atoms with Crippen LogP contribution < -0.4 is 15.4 Å². The summed E-state index contributed by atoms with van der Waals surface area (Å²) in [5, 5.41) is 5.81. The van der Waals surface area contributed by atoms with Gasteiger partial charge in [-0.3, -0.25) is 4.90 Å². The fourth-order valence-corrected chi connectivity index (χ4v) is 6.05. The summed E-state index contributed by atoms with van der Waals surface area (Å²) in [5.41, 5.74) is 0.444. The zero-order chi connectivity index (χ0) is 19.5. The van der Waals surface area contributed by atoms with Crippen molar-refractivity contribution in [3.63, 3.8) is 0 Å². The highest BCUT2D eigenvalue weighted by Gasteiger charge is 2.39. The van der Waals surface area contributed by atoms with E-state index in [-0.39, 0.29) is 23.6 Å². The summed E-state index contributed by atoms with van der Waals surface area (Å²) in [6.45, 7) is 4.28. The number of carbonyl (C=O) groups is 1. The third-order valence-corrected chi connectivity index (χ3v) is 7.36. The van der Waals surface area contributed by atoms with E-state index < -0.39 is 15.4 Å². The van der Waals surface area contributed by atoms with E-state index in [1.165, 1.54) is 0 Å². The molecule has 2 N–H and O–H groups in total. The van der Waals surface area contributed by atoms with Gasteiger partial charge < -0.3 is 15.4 Å². The number of hydrogen-bond donors (Lipinski definition) is 2. The van der Waals surface area contributed by atoms with Crippen LogP contribution in [0, 0.1) is 0 Å². The number of carbonyl (C=O) groups excluding carboxylic acids is 1. The molecule has 27 heavy (non-hydrogen) atoms. The number of amides is 2. The SMILES string of the molecule is COc1ccc([C@@H](CNC(=O)N[C@]2(C)CCS(=O)(=O)C2)N2CCCC2)cc1. The van der Waals surface area contributed by atoms with Crippen LogP contribution >= 0.6 is 0 Å². The number of rotatable bonds is 6. The van der Waals surface area contributed by atoms with Crippen molar-refractivity contribution in [2.75, 3.05) is 38.2 Å². The smallest absolute Gasteiger partial charge is 0.315 e. The minimum absolute atomic E-state index is 0.00144. The van der Waals surface area contributed by atoms with Gasteiger partial charge in [0.2, 0.25) is 0 Å². The van der Waals surface area contributed by atoms with Crippen LogP contribution in [0.4, 0.5) is 4.79 Å². The lowest BCUT2D eigenvalue weighted by molar-refractivity contribution is 0.214. The summed E-state index contributed by atoms with van der Waals surface area (Å²) in [6, 6.07) is 7.71. The van der Waals surface area contributed by atoms with Crippen LogP contribution in [0.25, 0.3) is 0 Å². The Morgan fingerprint density at radius 2 is 1.93 bits per heavy atom. The van der Waals surface area contributed by atoms with Gasteiger partial charge in [0.15, 0.2) is 9.84 Å². The fourth-order valence-electron chi connectivity index (χ4n) is 3.95. The van der Waals surface area contributed by atoms with Gasteiger partial charge >= 0.3 is 6.03 Å². The molecule has 8 heteroatoms. The summed E-state index contributed by atoms with van der Waals surface area (Å²) in [5.74, 6) is 0.938. The second-order valence-corrected chi connectivity index (χ2v) is 9.95. The standard InChI is InChI=1S/C19H29N3O4S/c1-19(9-12-27(24,25)14-19)21-18(23)20-13-17(22-10-3-4-11-22)15-5-7-16(26-2)8-6-15/h5-8,17H,3-4,9-14H2,1-2H3,(H2,20,21,23)/t17-,19-/m1/s1. The second-order valence-electron chi connectivity index (χ2n) is 7.77. The molecular formula is C19H29N3O4S. The van der Waals surface area contributed by atoms with Gasteiger partial charge in [0, 0.05) is 6.54 Å². The van der Waals surface area contributed by atoms with E-state index in [0.717, 1.165) is 37.2 Å². The monoisotopic (exact) mass is 395 g/mol. The van der Waals surface area contributed by atoms with Gasteiger partial charge in [-0.2, -0.15) is 0 Å². The van der Waals surface area contributed by atoms with Crippen molar-refractivity contribution < 1.29 is 17.9 Å². The molecule has 0 aliphatic carbocycles. The molecule has 2 fully saturated rings. The maximum absolute atomic E-state index is 12.4. The molecule has 0 radical (unpaired) electrons. The van der Waals surface area contributed by atoms with E-state index in [2.05, 4.69) is 15.5 Å². The molecule has 2 heterocycles. The molecule has 0 unspecified atom stereocenters. The van der Waals surface area contributed by atoms with Gasteiger partial charge in [0.1, 0.15) is 5.75 Å². The first kappa shape index (κ1) is 19.9. The molecule has 1 aromatic carbocycles. The third kappa shape index (κ3) is 5.13. The largest absolute Gasteiger partial charge is 0.497 e. The molecule has 7 nitrogen and oxygen atoms in total. The minimum atomic E-state index is -3.06. The highest BCUT2D eigenvalue weighted by atomic mass is 32.2. The van der Waals surface area contributed by atoms with Gasteiger partial charge in [-0.25, -0.2) is 13.2 Å². The lowest BCUT2D eigenvalue weighted by Crippen LogP contribution is -2.52. The summed E-state index contributed by atoms with van der Waals surface area (Å²) in [7, 11) is -1.41. The van der Waals surface area contributed by atoms with Crippen molar-refractivity contribution in [3.05, 3.63) is 29.8 Å². The number of hydrogen-bond acceptors (Lipinski definition) is 5. The Kier molecular flexibility index (Phi) is 5.95. The molecular weight excluding hydrogens is 366 g/mol. The molecule has 0 spiro atoms. The summed E-state index contributed by atoms with van der Waals surface area (Å²) < 4.78 is 28.7. The molecule has 0 saturated carbocycles. The molecule has 2 aliphatic rings. The minimum Gasteiger partial charge on any atom is -0.497 e. The molecule has 2 atom stereocenters. The van der Waals surface area contributed by atoms with E-state index in [9.17, 15) is 13.2 Å². The maximum Gasteiger partial charge on any atom is 0.315 e. The zero-order valence-electron chi connectivity index (χ0n) is 16.0. The van der Waals surface area contributed by atoms with Crippen molar-refractivity contribution in [2.45, 2.75) is 37.8 Å². The van der Waals surface area contributed by atoms with Gasteiger partial charge in [0.05, 0.1) is 30.2 Å². The number of nitrogens with zero attached hydrogens (tertiary/aromatic N) is 1. The number of ether oxygens (including phenoxy) is 1. The predicted molar refractivity (Wildman–Crippen MR) is 105 cm³/mol. The normalized spacial score (nSPS) is 25.9. The van der Waals surface area contributed by atoms with Crippen LogP contribution in [0.3, 0.4) is 0 Å². The van der Waals surface area contributed by atoms with Crippen molar-refractivity contribution >= 4 is 15.9 Å². The van der Waals surface area contributed by atoms with Crippen molar-refractivity contribution in [2.24, 2.45) is 0 Å². The highest BCUT2D eigenvalue weighted by molar-refractivity contribution is 7.91. The Bertz CT molecular complexity index is 760. The summed E-state index contributed by atoms with van der Waals surface area (Å²) >= 11 is 0. The van der Waals surface area contributed by atoms with Gasteiger partial charge in [-0.1, -0.05) is 12.1 Å². The molecule has 2 saturated heterocycles. The second kappa shape index (κ2) is 8.06. The van der Waals surface area contributed by atoms with Crippen LogP contribution in [0.1, 0.15) is 37.8 Å². The number of sulfone groups is 1. The fraction of sp³-hybridized carbons (Fsp3) is 0.632. The quantitative estimate of drug-likeness (QED) is 0.766. The topological polar surface area (TPSA) is 87.7 Å². The first-order chi connectivity index (χ1) is 12.8. The molecule has 1 aromatic rings. The van der Waals surface area contributed by atoms with E-state index in [1.54, 1.807) is 14.0 Å². The molecule has 3 rings (SSSR count). The lowest BCUT2D eigenvalue weighted by atomic mass is 10.0. The molecule has 2 amide bonds. The molecule has 2 aliphatic heterocycles. The van der Waals surface area contributed by atoms with E-state index in [1.807, 2.05) is 24.3 Å². The number of nitrogens with one attached hydrogen (secondary N) is 2. The Balaban J connectivity index is 1.63. The summed E-state index contributed by atoms with van der Waals surface area (Å²) in [6.07, 6.45) is 2.78. The van der Waals surface area contributed by atoms with E-state index >= 15 is 0 Å². The Labute approximate surface area is 161 Å². The van der Waals surface area contributed by atoms with Gasteiger partial charge in [0.25, 0.3) is 0 Å². The van der Waals surface area contributed by atoms with Crippen molar-refractivity contribution in [1.82, 2.24) is 15.5 Å². The Morgan fingerprint density at radius 1 is 1.26 bits per heavy atom. The van der Waals surface area contributed by atoms with Crippen LogP contribution in [-0.2, 0) is 9.84 Å². The zero-order valence-corrected chi connectivity index (χ0v) is 16.8. The van der Waals surface area contributed by atoms with E-state index in [4.69, 9.17) is 4.74 Å². The average molecular weight is 396 g/mol. The Morgan fingerprint density at radius 3 is 2.48 bits per heavy atom. The highest BCUT2D eigenvalue weighted by Crippen LogP contribution is 2.26. The predicted octanol–water partition coefficient (Wildman–Crippen LogP) is 1.71. The molecule has 0 aromatic heterocycles. The van der Waals surface area contributed by atoms with Crippen LogP contribution in [0.15, 0.2) is 24.3 Å². The number of methoxy groups -OCH3 is 1. The van der Waals surface area contributed by atoms with E-state index in [0.29, 0.717) is 13.0 Å².